The van der Waals surface area contributed by atoms with E-state index >= 15 is 0 Å². The molecule has 3 amide bonds. The molecule has 0 spiro atoms. The molecule has 0 aliphatic heterocycles. The molecule has 1 aromatic heterocycles. The molecule has 0 bridgehead atoms. The number of fused-ring (bicyclic) bond motifs is 1. The number of benzene rings is 1. The van der Waals surface area contributed by atoms with E-state index < -0.39 is 35.6 Å². The lowest BCUT2D eigenvalue weighted by atomic mass is 10.0. The Morgan fingerprint density at radius 2 is 1.87 bits per heavy atom. The van der Waals surface area contributed by atoms with Gasteiger partial charge < -0.3 is 31.8 Å². The van der Waals surface area contributed by atoms with Crippen LogP contribution in [0.3, 0.4) is 0 Å². The van der Waals surface area contributed by atoms with Gasteiger partial charge in [0.05, 0.1) is 6.04 Å². The third-order valence-corrected chi connectivity index (χ3v) is 4.71. The van der Waals surface area contributed by atoms with Gasteiger partial charge in [-0.3, -0.25) is 9.59 Å². The molecular formula is C22H33N5O4. The molecule has 9 heteroatoms. The van der Waals surface area contributed by atoms with E-state index in [1.54, 1.807) is 20.8 Å². The number of nitrogens with two attached hydrogens (primary N) is 2. The summed E-state index contributed by atoms with van der Waals surface area (Å²) in [6.07, 6.45) is 3.31. The summed E-state index contributed by atoms with van der Waals surface area (Å²) in [5.41, 5.74) is 12.8. The summed E-state index contributed by atoms with van der Waals surface area (Å²) in [6.45, 7) is 5.81. The fourth-order valence-electron chi connectivity index (χ4n) is 3.15. The lowest BCUT2D eigenvalue weighted by Gasteiger charge is -2.20. The first kappa shape index (κ1) is 24.2. The van der Waals surface area contributed by atoms with Gasteiger partial charge >= 0.3 is 6.09 Å². The minimum Gasteiger partial charge on any atom is -0.444 e. The Morgan fingerprint density at radius 3 is 2.55 bits per heavy atom. The first-order valence-electron chi connectivity index (χ1n) is 10.4. The number of primary amides is 1. The van der Waals surface area contributed by atoms with E-state index in [0.29, 0.717) is 25.8 Å². The summed E-state index contributed by atoms with van der Waals surface area (Å²) >= 11 is 0. The van der Waals surface area contributed by atoms with Crippen molar-refractivity contribution in [2.75, 3.05) is 6.54 Å². The van der Waals surface area contributed by atoms with Crippen LogP contribution in [0.5, 0.6) is 0 Å². The van der Waals surface area contributed by atoms with Gasteiger partial charge in [0.15, 0.2) is 0 Å². The van der Waals surface area contributed by atoms with Crippen LogP contribution in [0.1, 0.15) is 45.6 Å². The third kappa shape index (κ3) is 7.93. The van der Waals surface area contributed by atoms with Crippen LogP contribution >= 0.6 is 0 Å². The number of carbonyl (C=O) groups is 3. The smallest absolute Gasteiger partial charge is 0.407 e. The van der Waals surface area contributed by atoms with Crippen molar-refractivity contribution in [3.8, 4) is 0 Å². The first-order valence-corrected chi connectivity index (χ1v) is 10.4. The lowest BCUT2D eigenvalue weighted by molar-refractivity contribution is -0.128. The molecule has 170 valence electrons. The van der Waals surface area contributed by atoms with E-state index in [1.807, 2.05) is 30.5 Å². The molecule has 0 unspecified atom stereocenters. The number of carbonyl (C=O) groups excluding carboxylic acids is 3. The van der Waals surface area contributed by atoms with Crippen LogP contribution in [-0.2, 0) is 20.7 Å². The molecule has 0 fully saturated rings. The van der Waals surface area contributed by atoms with Crippen molar-refractivity contribution in [1.82, 2.24) is 15.6 Å². The molecule has 9 nitrogen and oxygen atoms in total. The van der Waals surface area contributed by atoms with E-state index in [-0.39, 0.29) is 6.42 Å². The zero-order valence-electron chi connectivity index (χ0n) is 18.4. The van der Waals surface area contributed by atoms with Gasteiger partial charge in [-0.15, -0.1) is 0 Å². The van der Waals surface area contributed by atoms with Crippen molar-refractivity contribution < 1.29 is 19.1 Å². The number of rotatable bonds is 10. The summed E-state index contributed by atoms with van der Waals surface area (Å²) in [4.78, 5) is 39.1. The fraction of sp³-hybridized carbons (Fsp3) is 0.500. The second-order valence-corrected chi connectivity index (χ2v) is 8.56. The van der Waals surface area contributed by atoms with Gasteiger partial charge in [0.2, 0.25) is 11.8 Å². The van der Waals surface area contributed by atoms with Crippen LogP contribution in [0.25, 0.3) is 10.9 Å². The molecule has 0 saturated carbocycles. The number of nitrogens with one attached hydrogen (secondary N) is 3. The Balaban J connectivity index is 1.77. The van der Waals surface area contributed by atoms with Gasteiger partial charge in [0.1, 0.15) is 11.6 Å². The molecule has 2 rings (SSSR count). The zero-order valence-corrected chi connectivity index (χ0v) is 18.4. The molecule has 0 aliphatic carbocycles. The van der Waals surface area contributed by atoms with Gasteiger partial charge in [0.25, 0.3) is 0 Å². The molecule has 2 atom stereocenters. The van der Waals surface area contributed by atoms with Crippen molar-refractivity contribution in [2.45, 2.75) is 64.1 Å². The van der Waals surface area contributed by atoms with E-state index in [2.05, 4.69) is 15.6 Å². The number of ether oxygens (including phenoxy) is 1. The van der Waals surface area contributed by atoms with Crippen LogP contribution in [-0.4, -0.2) is 47.1 Å². The molecule has 7 N–H and O–H groups in total. The minimum atomic E-state index is -0.855. The van der Waals surface area contributed by atoms with Gasteiger partial charge in [-0.05, 0) is 51.7 Å². The van der Waals surface area contributed by atoms with Crippen LogP contribution in [0.4, 0.5) is 4.79 Å². The number of unbranched alkanes of at least 4 members (excludes halogenated alkanes) is 1. The summed E-state index contributed by atoms with van der Waals surface area (Å²) in [7, 11) is 0. The molecule has 0 aliphatic rings. The molecule has 0 radical (unpaired) electrons. The van der Waals surface area contributed by atoms with E-state index in [0.717, 1.165) is 16.5 Å². The zero-order chi connectivity index (χ0) is 23.0. The molecule has 1 heterocycles. The highest BCUT2D eigenvalue weighted by molar-refractivity contribution is 5.90. The average Bonchev–Trinajstić information content (AvgIpc) is 3.08. The monoisotopic (exact) mass is 431 g/mol. The maximum Gasteiger partial charge on any atom is 0.407 e. The van der Waals surface area contributed by atoms with Crippen LogP contribution in [0, 0.1) is 0 Å². The first-order chi connectivity index (χ1) is 14.6. The summed E-state index contributed by atoms with van der Waals surface area (Å²) in [5.74, 6) is -1.05. The van der Waals surface area contributed by atoms with Crippen molar-refractivity contribution in [3.63, 3.8) is 0 Å². The minimum absolute atomic E-state index is 0.275. The molecule has 31 heavy (non-hydrogen) atoms. The predicted molar refractivity (Wildman–Crippen MR) is 119 cm³/mol. The van der Waals surface area contributed by atoms with Crippen molar-refractivity contribution >= 4 is 28.8 Å². The van der Waals surface area contributed by atoms with E-state index in [4.69, 9.17) is 16.2 Å². The highest BCUT2D eigenvalue weighted by Gasteiger charge is 2.23. The second-order valence-electron chi connectivity index (χ2n) is 8.56. The molecule has 0 saturated heterocycles. The normalized spacial score (nSPS) is 13.4. The van der Waals surface area contributed by atoms with Crippen LogP contribution < -0.4 is 22.1 Å². The van der Waals surface area contributed by atoms with Crippen LogP contribution in [0.2, 0.25) is 0 Å². The topological polar surface area (TPSA) is 152 Å². The standard InChI is InChI=1S/C22H33N5O4/c1-22(2,3)31-21(30)25-11-7-6-9-16(23)20(29)27-18(19(24)28)12-14-13-26-17-10-5-4-8-15(14)17/h4-5,8,10,13,16,18,26H,6-7,9,11-12,23H2,1-3H3,(H2,24,28)(H,25,30)(H,27,29)/t16-,18-/m0/s1. The van der Waals surface area contributed by atoms with Gasteiger partial charge in [-0.1, -0.05) is 18.2 Å². The SMILES string of the molecule is CC(C)(C)OC(=O)NCCCC[C@H](N)C(=O)N[C@@H](Cc1c[nH]c2ccccc12)C(N)=O. The number of amides is 3. The predicted octanol–water partition coefficient (Wildman–Crippen LogP) is 1.70. The summed E-state index contributed by atoms with van der Waals surface area (Å²) in [5, 5.41) is 6.30. The quantitative estimate of drug-likeness (QED) is 0.363. The summed E-state index contributed by atoms with van der Waals surface area (Å²) < 4.78 is 5.15. The number of aromatic nitrogens is 1. The molecule has 2 aromatic rings. The maximum atomic E-state index is 12.4. The maximum absolute atomic E-state index is 12.4. The second kappa shape index (κ2) is 10.8. The third-order valence-electron chi connectivity index (χ3n) is 4.71. The van der Waals surface area contributed by atoms with Crippen molar-refractivity contribution in [3.05, 3.63) is 36.0 Å². The Labute approximate surface area is 182 Å². The van der Waals surface area contributed by atoms with E-state index in [9.17, 15) is 14.4 Å². The number of hydrogen-bond acceptors (Lipinski definition) is 5. The van der Waals surface area contributed by atoms with Crippen LogP contribution in [0.15, 0.2) is 30.5 Å². The van der Waals surface area contributed by atoms with Gasteiger partial charge in [-0.2, -0.15) is 0 Å². The highest BCUT2D eigenvalue weighted by atomic mass is 16.6. The number of para-hydroxylation sites is 1. The highest BCUT2D eigenvalue weighted by Crippen LogP contribution is 2.19. The Kier molecular flexibility index (Phi) is 8.44. The number of aromatic amines is 1. The largest absolute Gasteiger partial charge is 0.444 e. The fourth-order valence-corrected chi connectivity index (χ4v) is 3.15. The van der Waals surface area contributed by atoms with Gasteiger partial charge in [-0.25, -0.2) is 4.79 Å². The number of alkyl carbamates (subject to hydrolysis) is 1. The Morgan fingerprint density at radius 1 is 1.16 bits per heavy atom. The number of hydrogen-bond donors (Lipinski definition) is 5. The lowest BCUT2D eigenvalue weighted by Crippen LogP contribution is -2.51. The molecular weight excluding hydrogens is 398 g/mol. The van der Waals surface area contributed by atoms with Crippen molar-refractivity contribution in [2.24, 2.45) is 11.5 Å². The Hall–Kier alpha value is -3.07. The van der Waals surface area contributed by atoms with Crippen molar-refractivity contribution in [1.29, 1.82) is 0 Å². The summed E-state index contributed by atoms with van der Waals surface area (Å²) in [6, 6.07) is 6.07. The molecule has 1 aromatic carbocycles. The van der Waals surface area contributed by atoms with Gasteiger partial charge in [0, 0.05) is 30.1 Å². The number of H-pyrrole nitrogens is 1. The van der Waals surface area contributed by atoms with E-state index in [1.165, 1.54) is 0 Å². The Bertz CT molecular complexity index is 903. The average molecular weight is 432 g/mol.